The largest absolute Gasteiger partial charge is 0.507 e. The smallest absolute Gasteiger partial charge is 0.307 e. The third-order valence-electron chi connectivity index (χ3n) is 3.02. The van der Waals surface area contributed by atoms with Crippen molar-refractivity contribution >= 4 is 17.6 Å². The summed E-state index contributed by atoms with van der Waals surface area (Å²) in [7, 11) is 0. The van der Waals surface area contributed by atoms with Gasteiger partial charge in [0.15, 0.2) is 0 Å². The molecule has 0 spiro atoms. The summed E-state index contributed by atoms with van der Waals surface area (Å²) in [6, 6.07) is 11.5. The van der Waals surface area contributed by atoms with Gasteiger partial charge in [0, 0.05) is 5.69 Å². The van der Waals surface area contributed by atoms with Gasteiger partial charge >= 0.3 is 5.97 Å². The summed E-state index contributed by atoms with van der Waals surface area (Å²) in [5, 5.41) is 21.3. The quantitative estimate of drug-likeness (QED) is 0.805. The van der Waals surface area contributed by atoms with Gasteiger partial charge < -0.3 is 15.5 Å². The van der Waals surface area contributed by atoms with Crippen molar-refractivity contribution in [3.05, 3.63) is 59.2 Å². The van der Waals surface area contributed by atoms with Crippen LogP contribution in [0, 0.1) is 6.92 Å². The number of hydrogen-bond acceptors (Lipinski definition) is 3. The Morgan fingerprint density at radius 2 is 1.86 bits per heavy atom. The Kier molecular flexibility index (Phi) is 4.23. The number of phenolic OH excluding ortho intramolecular Hbond substituents is 1. The summed E-state index contributed by atoms with van der Waals surface area (Å²) >= 11 is 0. The Balaban J connectivity index is 2.20. The zero-order valence-corrected chi connectivity index (χ0v) is 11.5. The van der Waals surface area contributed by atoms with Crippen molar-refractivity contribution in [2.24, 2.45) is 0 Å². The molecule has 5 heteroatoms. The van der Waals surface area contributed by atoms with E-state index in [1.165, 1.54) is 6.07 Å². The molecule has 108 valence electrons. The van der Waals surface area contributed by atoms with Gasteiger partial charge in [-0.05, 0) is 36.2 Å². The molecule has 0 saturated carbocycles. The van der Waals surface area contributed by atoms with E-state index in [2.05, 4.69) is 5.32 Å². The molecule has 0 saturated heterocycles. The van der Waals surface area contributed by atoms with Gasteiger partial charge in [-0.2, -0.15) is 0 Å². The van der Waals surface area contributed by atoms with E-state index >= 15 is 0 Å². The lowest BCUT2D eigenvalue weighted by Gasteiger charge is -2.09. The van der Waals surface area contributed by atoms with Crippen molar-refractivity contribution in [2.75, 3.05) is 5.32 Å². The second kappa shape index (κ2) is 6.09. The number of carbonyl (C=O) groups is 2. The van der Waals surface area contributed by atoms with E-state index in [0.717, 1.165) is 0 Å². The first-order valence-corrected chi connectivity index (χ1v) is 6.38. The summed E-state index contributed by atoms with van der Waals surface area (Å²) in [6.07, 6.45) is -0.112. The van der Waals surface area contributed by atoms with Gasteiger partial charge in [0.1, 0.15) is 5.75 Å². The molecule has 2 rings (SSSR count). The Morgan fingerprint density at radius 1 is 1.14 bits per heavy atom. The Morgan fingerprint density at radius 3 is 2.57 bits per heavy atom. The number of phenols is 1. The van der Waals surface area contributed by atoms with Crippen LogP contribution in [0.2, 0.25) is 0 Å². The summed E-state index contributed by atoms with van der Waals surface area (Å²) < 4.78 is 0. The van der Waals surface area contributed by atoms with Crippen LogP contribution in [0.3, 0.4) is 0 Å². The van der Waals surface area contributed by atoms with E-state index in [-0.39, 0.29) is 17.7 Å². The van der Waals surface area contributed by atoms with Crippen molar-refractivity contribution in [1.82, 2.24) is 0 Å². The van der Waals surface area contributed by atoms with E-state index in [0.29, 0.717) is 16.8 Å². The minimum absolute atomic E-state index is 0.0586. The fourth-order valence-electron chi connectivity index (χ4n) is 1.97. The van der Waals surface area contributed by atoms with Crippen LogP contribution in [0.25, 0.3) is 0 Å². The molecule has 21 heavy (non-hydrogen) atoms. The zero-order chi connectivity index (χ0) is 15.4. The maximum Gasteiger partial charge on any atom is 0.307 e. The number of benzene rings is 2. The molecular weight excluding hydrogens is 270 g/mol. The van der Waals surface area contributed by atoms with Crippen molar-refractivity contribution in [3.8, 4) is 5.75 Å². The molecule has 2 aromatic rings. The number of para-hydroxylation sites is 1. The third kappa shape index (κ3) is 3.60. The maximum atomic E-state index is 12.1. The van der Waals surface area contributed by atoms with Crippen molar-refractivity contribution in [1.29, 1.82) is 0 Å². The standard InChI is InChI=1S/C16H15NO4/c1-10-4-2-7-13(15(10)20)16(21)17-12-6-3-5-11(8-12)9-14(18)19/h2-8,20H,9H2,1H3,(H,17,21)(H,18,19). The first kappa shape index (κ1) is 14.6. The van der Waals surface area contributed by atoms with Gasteiger partial charge in [-0.3, -0.25) is 9.59 Å². The van der Waals surface area contributed by atoms with Gasteiger partial charge in [0.05, 0.1) is 12.0 Å². The van der Waals surface area contributed by atoms with E-state index < -0.39 is 11.9 Å². The number of carboxylic acids is 1. The molecule has 0 atom stereocenters. The van der Waals surface area contributed by atoms with E-state index in [1.807, 2.05) is 0 Å². The second-order valence-corrected chi connectivity index (χ2v) is 4.70. The molecule has 0 aliphatic carbocycles. The predicted octanol–water partition coefficient (Wildman–Crippen LogP) is 2.58. The van der Waals surface area contributed by atoms with Crippen LogP contribution >= 0.6 is 0 Å². The lowest BCUT2D eigenvalue weighted by atomic mass is 10.1. The van der Waals surface area contributed by atoms with Crippen LogP contribution in [0.15, 0.2) is 42.5 Å². The molecule has 0 heterocycles. The summed E-state index contributed by atoms with van der Waals surface area (Å²) in [5.74, 6) is -1.44. The Labute approximate surface area is 121 Å². The molecular formula is C16H15NO4. The lowest BCUT2D eigenvalue weighted by Crippen LogP contribution is -2.12. The topological polar surface area (TPSA) is 86.6 Å². The van der Waals surface area contributed by atoms with Gasteiger partial charge in [0.25, 0.3) is 5.91 Å². The molecule has 0 aliphatic rings. The number of anilines is 1. The average Bonchev–Trinajstić information content (AvgIpc) is 2.41. The molecule has 0 fully saturated rings. The highest BCUT2D eigenvalue weighted by Gasteiger charge is 2.13. The number of aromatic hydroxyl groups is 1. The van der Waals surface area contributed by atoms with Crippen LogP contribution < -0.4 is 5.32 Å². The Bertz CT molecular complexity index is 694. The number of carboxylic acid groups (broad SMARTS) is 1. The van der Waals surface area contributed by atoms with Crippen LogP contribution in [-0.4, -0.2) is 22.1 Å². The SMILES string of the molecule is Cc1cccc(C(=O)Nc2cccc(CC(=O)O)c2)c1O. The highest BCUT2D eigenvalue weighted by molar-refractivity contribution is 6.06. The fourth-order valence-corrected chi connectivity index (χ4v) is 1.97. The van der Waals surface area contributed by atoms with E-state index in [4.69, 9.17) is 5.11 Å². The number of aliphatic carboxylic acids is 1. The number of amides is 1. The summed E-state index contributed by atoms with van der Waals surface area (Å²) in [5.41, 5.74) is 1.87. The number of hydrogen-bond donors (Lipinski definition) is 3. The molecule has 0 aliphatic heterocycles. The highest BCUT2D eigenvalue weighted by Crippen LogP contribution is 2.22. The molecule has 0 radical (unpaired) electrons. The molecule has 2 aromatic carbocycles. The Hall–Kier alpha value is -2.82. The van der Waals surface area contributed by atoms with Crippen LogP contribution in [0.1, 0.15) is 21.5 Å². The second-order valence-electron chi connectivity index (χ2n) is 4.70. The molecule has 0 unspecified atom stereocenters. The van der Waals surface area contributed by atoms with Crippen LogP contribution in [-0.2, 0) is 11.2 Å². The first-order valence-electron chi connectivity index (χ1n) is 6.38. The molecule has 0 aromatic heterocycles. The van der Waals surface area contributed by atoms with Gasteiger partial charge in [0.2, 0.25) is 0 Å². The minimum atomic E-state index is -0.935. The average molecular weight is 285 g/mol. The van der Waals surface area contributed by atoms with Crippen molar-refractivity contribution in [3.63, 3.8) is 0 Å². The van der Waals surface area contributed by atoms with E-state index in [1.54, 1.807) is 43.3 Å². The minimum Gasteiger partial charge on any atom is -0.507 e. The highest BCUT2D eigenvalue weighted by atomic mass is 16.4. The van der Waals surface area contributed by atoms with Crippen LogP contribution in [0.4, 0.5) is 5.69 Å². The van der Waals surface area contributed by atoms with Crippen molar-refractivity contribution in [2.45, 2.75) is 13.3 Å². The first-order chi connectivity index (χ1) is 9.97. The molecule has 5 nitrogen and oxygen atoms in total. The molecule has 3 N–H and O–H groups in total. The summed E-state index contributed by atoms with van der Waals surface area (Å²) in [4.78, 5) is 22.8. The third-order valence-corrected chi connectivity index (χ3v) is 3.02. The normalized spacial score (nSPS) is 10.1. The van der Waals surface area contributed by atoms with Crippen molar-refractivity contribution < 1.29 is 19.8 Å². The molecule has 1 amide bonds. The van der Waals surface area contributed by atoms with Gasteiger partial charge in [-0.1, -0.05) is 24.3 Å². The summed E-state index contributed by atoms with van der Waals surface area (Å²) in [6.45, 7) is 1.71. The number of nitrogens with one attached hydrogen (secondary N) is 1. The fraction of sp³-hybridized carbons (Fsp3) is 0.125. The van der Waals surface area contributed by atoms with Gasteiger partial charge in [-0.25, -0.2) is 0 Å². The number of aryl methyl sites for hydroxylation is 1. The zero-order valence-electron chi connectivity index (χ0n) is 11.5. The van der Waals surface area contributed by atoms with Crippen LogP contribution in [0.5, 0.6) is 5.75 Å². The molecule has 0 bridgehead atoms. The van der Waals surface area contributed by atoms with Gasteiger partial charge in [-0.15, -0.1) is 0 Å². The lowest BCUT2D eigenvalue weighted by molar-refractivity contribution is -0.136. The maximum absolute atomic E-state index is 12.1. The van der Waals surface area contributed by atoms with E-state index in [9.17, 15) is 14.7 Å². The monoisotopic (exact) mass is 285 g/mol. The number of rotatable bonds is 4. The number of carbonyl (C=O) groups excluding carboxylic acids is 1. The predicted molar refractivity (Wildman–Crippen MR) is 78.6 cm³/mol.